The zero-order valence-electron chi connectivity index (χ0n) is 10.3. The Morgan fingerprint density at radius 3 is 2.47 bits per heavy atom. The average molecular weight is 274 g/mol. The summed E-state index contributed by atoms with van der Waals surface area (Å²) in [6.45, 7) is 2.99. The Kier molecular flexibility index (Phi) is 3.75. The second-order valence-corrected chi connectivity index (χ2v) is 4.22. The molecule has 104 valence electrons. The zero-order chi connectivity index (χ0) is 14.0. The van der Waals surface area contributed by atoms with Gasteiger partial charge in [-0.15, -0.1) is 0 Å². The smallest absolute Gasteiger partial charge is 0.378 e. The molecule has 1 aromatic heterocycles. The van der Waals surface area contributed by atoms with Gasteiger partial charge >= 0.3 is 6.18 Å². The van der Waals surface area contributed by atoms with Crippen molar-refractivity contribution in [3.63, 3.8) is 0 Å². The van der Waals surface area contributed by atoms with Crippen LogP contribution >= 0.6 is 0 Å². The van der Waals surface area contributed by atoms with Crippen LogP contribution in [-0.2, 0) is 10.9 Å². The molecular weight excluding hydrogens is 261 g/mol. The number of carbonyl (C=O) groups is 1. The third kappa shape index (κ3) is 3.04. The first-order valence-electron chi connectivity index (χ1n) is 5.81. The van der Waals surface area contributed by atoms with Gasteiger partial charge in [-0.3, -0.25) is 4.79 Å². The highest BCUT2D eigenvalue weighted by Crippen LogP contribution is 2.31. The monoisotopic (exact) mass is 274 g/mol. The van der Waals surface area contributed by atoms with Gasteiger partial charge in [0.05, 0.1) is 18.8 Å². The molecule has 1 aliphatic heterocycles. The van der Waals surface area contributed by atoms with Crippen LogP contribution in [0.5, 0.6) is 0 Å². The third-order valence-corrected chi connectivity index (χ3v) is 2.86. The number of ketones is 1. The largest absolute Gasteiger partial charge is 0.433 e. The molecule has 0 saturated carbocycles. The number of pyridine rings is 1. The lowest BCUT2D eigenvalue weighted by Gasteiger charge is -2.29. The predicted octanol–water partition coefficient (Wildman–Crippen LogP) is 2.14. The number of anilines is 1. The maximum atomic E-state index is 12.7. The fraction of sp³-hybridized carbons (Fsp3) is 0.500. The highest BCUT2D eigenvalue weighted by atomic mass is 19.4. The number of Topliss-reactive ketones (excluding diaryl/α,β-unsaturated/α-hetero) is 1. The van der Waals surface area contributed by atoms with Gasteiger partial charge < -0.3 is 9.64 Å². The molecule has 4 nitrogen and oxygen atoms in total. The molecule has 0 aliphatic carbocycles. The molecule has 0 unspecified atom stereocenters. The lowest BCUT2D eigenvalue weighted by Crippen LogP contribution is -2.38. The molecule has 0 N–H and O–H groups in total. The standard InChI is InChI=1S/C12H13F3N2O2/c1-8(18)9-2-3-10(12(13,14)15)16-11(9)17-4-6-19-7-5-17/h2-3H,4-7H2,1H3. The number of morpholine rings is 1. The van der Waals surface area contributed by atoms with E-state index in [2.05, 4.69) is 4.98 Å². The summed E-state index contributed by atoms with van der Waals surface area (Å²) in [5.41, 5.74) is -0.783. The van der Waals surface area contributed by atoms with Crippen LogP contribution in [0.4, 0.5) is 19.0 Å². The van der Waals surface area contributed by atoms with Gasteiger partial charge in [0, 0.05) is 13.1 Å². The molecule has 0 spiro atoms. The molecule has 1 aliphatic rings. The van der Waals surface area contributed by atoms with Gasteiger partial charge in [-0.2, -0.15) is 13.2 Å². The number of carbonyl (C=O) groups excluding carboxylic acids is 1. The van der Waals surface area contributed by atoms with Crippen LogP contribution in [0.15, 0.2) is 12.1 Å². The summed E-state index contributed by atoms with van der Waals surface area (Å²) in [6.07, 6.45) is -4.52. The number of nitrogens with zero attached hydrogens (tertiary/aromatic N) is 2. The lowest BCUT2D eigenvalue weighted by atomic mass is 10.1. The van der Waals surface area contributed by atoms with Gasteiger partial charge in [0.2, 0.25) is 0 Å². The van der Waals surface area contributed by atoms with Crippen LogP contribution in [0.2, 0.25) is 0 Å². The van der Waals surface area contributed by atoms with Crippen LogP contribution in [0.1, 0.15) is 23.0 Å². The van der Waals surface area contributed by atoms with Gasteiger partial charge in [0.25, 0.3) is 0 Å². The maximum Gasteiger partial charge on any atom is 0.433 e. The number of alkyl halides is 3. The average Bonchev–Trinajstić information content (AvgIpc) is 2.38. The van der Waals surface area contributed by atoms with E-state index in [0.29, 0.717) is 26.3 Å². The molecule has 19 heavy (non-hydrogen) atoms. The Balaban J connectivity index is 2.44. The first-order chi connectivity index (χ1) is 8.89. The van der Waals surface area contributed by atoms with Crippen molar-refractivity contribution in [2.45, 2.75) is 13.1 Å². The minimum atomic E-state index is -4.52. The van der Waals surface area contributed by atoms with Gasteiger partial charge in [0.1, 0.15) is 11.5 Å². The van der Waals surface area contributed by atoms with Crippen LogP contribution in [0.25, 0.3) is 0 Å². The number of hydrogen-bond donors (Lipinski definition) is 0. The Bertz CT molecular complexity index is 482. The van der Waals surface area contributed by atoms with E-state index in [9.17, 15) is 18.0 Å². The summed E-state index contributed by atoms with van der Waals surface area (Å²) in [6, 6.07) is 2.02. The van der Waals surface area contributed by atoms with Gasteiger partial charge in [-0.1, -0.05) is 0 Å². The number of rotatable bonds is 2. The Morgan fingerprint density at radius 2 is 1.95 bits per heavy atom. The molecule has 2 rings (SSSR count). The highest BCUT2D eigenvalue weighted by Gasteiger charge is 2.34. The second-order valence-electron chi connectivity index (χ2n) is 4.22. The van der Waals surface area contributed by atoms with E-state index in [1.54, 1.807) is 4.90 Å². The molecule has 2 heterocycles. The summed E-state index contributed by atoms with van der Waals surface area (Å²) in [4.78, 5) is 16.8. The van der Waals surface area contributed by atoms with Gasteiger partial charge in [0.15, 0.2) is 5.78 Å². The van der Waals surface area contributed by atoms with Crippen molar-refractivity contribution in [1.82, 2.24) is 4.98 Å². The second kappa shape index (κ2) is 5.16. The topological polar surface area (TPSA) is 42.4 Å². The van der Waals surface area contributed by atoms with Crippen molar-refractivity contribution < 1.29 is 22.7 Å². The molecule has 1 aromatic rings. The number of halogens is 3. The van der Waals surface area contributed by atoms with Gasteiger partial charge in [-0.25, -0.2) is 4.98 Å². The Labute approximate surface area is 108 Å². The number of hydrogen-bond acceptors (Lipinski definition) is 4. The SMILES string of the molecule is CC(=O)c1ccc(C(F)(F)F)nc1N1CCOCC1. The van der Waals surface area contributed by atoms with Crippen molar-refractivity contribution in [3.8, 4) is 0 Å². The molecular formula is C12H13F3N2O2. The fourth-order valence-electron chi connectivity index (χ4n) is 1.90. The maximum absolute atomic E-state index is 12.7. The lowest BCUT2D eigenvalue weighted by molar-refractivity contribution is -0.141. The van der Waals surface area contributed by atoms with E-state index in [-0.39, 0.29) is 17.2 Å². The van der Waals surface area contributed by atoms with E-state index < -0.39 is 11.9 Å². The summed E-state index contributed by atoms with van der Waals surface area (Å²) < 4.78 is 43.2. The fourth-order valence-corrected chi connectivity index (χ4v) is 1.90. The van der Waals surface area contributed by atoms with E-state index >= 15 is 0 Å². The first-order valence-corrected chi connectivity index (χ1v) is 5.81. The van der Waals surface area contributed by atoms with E-state index in [1.807, 2.05) is 0 Å². The van der Waals surface area contributed by atoms with Gasteiger partial charge in [-0.05, 0) is 19.1 Å². The molecule has 7 heteroatoms. The Hall–Kier alpha value is -1.63. The number of aromatic nitrogens is 1. The summed E-state index contributed by atoms with van der Waals surface area (Å²) in [5.74, 6) is -0.214. The summed E-state index contributed by atoms with van der Waals surface area (Å²) >= 11 is 0. The van der Waals surface area contributed by atoms with Crippen molar-refractivity contribution >= 4 is 11.6 Å². The summed E-state index contributed by atoms with van der Waals surface area (Å²) in [5, 5.41) is 0. The molecule has 0 amide bonds. The molecule has 1 saturated heterocycles. The van der Waals surface area contributed by atoms with Crippen molar-refractivity contribution in [1.29, 1.82) is 0 Å². The van der Waals surface area contributed by atoms with E-state index in [0.717, 1.165) is 6.07 Å². The van der Waals surface area contributed by atoms with Crippen LogP contribution in [0, 0.1) is 0 Å². The molecule has 1 fully saturated rings. The Morgan fingerprint density at radius 1 is 1.32 bits per heavy atom. The highest BCUT2D eigenvalue weighted by molar-refractivity contribution is 5.98. The van der Waals surface area contributed by atoms with Crippen molar-refractivity contribution in [3.05, 3.63) is 23.4 Å². The van der Waals surface area contributed by atoms with E-state index in [4.69, 9.17) is 4.74 Å². The zero-order valence-corrected chi connectivity index (χ0v) is 10.3. The molecule has 0 atom stereocenters. The van der Waals surface area contributed by atoms with Crippen molar-refractivity contribution in [2.75, 3.05) is 31.2 Å². The minimum absolute atomic E-state index is 0.0885. The molecule has 0 bridgehead atoms. The predicted molar refractivity (Wildman–Crippen MR) is 62.3 cm³/mol. The molecule has 0 aromatic carbocycles. The van der Waals surface area contributed by atoms with Crippen molar-refractivity contribution in [2.24, 2.45) is 0 Å². The van der Waals surface area contributed by atoms with Crippen LogP contribution in [0.3, 0.4) is 0 Å². The molecule has 0 radical (unpaired) electrons. The number of ether oxygens (including phenoxy) is 1. The first kappa shape index (κ1) is 13.8. The van der Waals surface area contributed by atoms with Crippen LogP contribution in [-0.4, -0.2) is 37.1 Å². The van der Waals surface area contributed by atoms with Crippen LogP contribution < -0.4 is 4.90 Å². The normalized spacial score (nSPS) is 16.5. The quantitative estimate of drug-likeness (QED) is 0.775. The third-order valence-electron chi connectivity index (χ3n) is 2.86. The summed E-state index contributed by atoms with van der Waals surface area (Å²) in [7, 11) is 0. The minimum Gasteiger partial charge on any atom is -0.378 e. The van der Waals surface area contributed by atoms with E-state index in [1.165, 1.54) is 13.0 Å².